The lowest BCUT2D eigenvalue weighted by Gasteiger charge is -2.22. The molecule has 0 aliphatic carbocycles. The number of nitrogens with zero attached hydrogens (tertiary/aromatic N) is 1. The average Bonchev–Trinajstić information content (AvgIpc) is 2.60. The summed E-state index contributed by atoms with van der Waals surface area (Å²) in [5.41, 5.74) is 1.01. The molecular formula is C16H25BN2O5. The van der Waals surface area contributed by atoms with E-state index in [2.05, 4.69) is 10.1 Å². The lowest BCUT2D eigenvalue weighted by Crippen LogP contribution is -2.40. The quantitative estimate of drug-likeness (QED) is 0.369. The van der Waals surface area contributed by atoms with Gasteiger partial charge in [0.05, 0.1) is 27.4 Å². The first kappa shape index (κ1) is 20.0. The Morgan fingerprint density at radius 2 is 1.92 bits per heavy atom. The fraction of sp³-hybridized carbons (Fsp3) is 0.500. The minimum absolute atomic E-state index is 0.0347. The van der Waals surface area contributed by atoms with E-state index in [9.17, 15) is 9.59 Å². The van der Waals surface area contributed by atoms with Crippen LogP contribution < -0.4 is 10.1 Å². The first-order chi connectivity index (χ1) is 11.5. The number of rotatable bonds is 10. The highest BCUT2D eigenvalue weighted by Gasteiger charge is 2.17. The Kier molecular flexibility index (Phi) is 8.89. The number of likely N-dealkylation sites (N-methyl/N-ethyl adjacent to an activating group) is 1. The summed E-state index contributed by atoms with van der Waals surface area (Å²) in [5, 5.41) is 2.82. The zero-order valence-corrected chi connectivity index (χ0v) is 14.7. The molecule has 24 heavy (non-hydrogen) atoms. The highest BCUT2D eigenvalue weighted by Crippen LogP contribution is 2.13. The average molecular weight is 336 g/mol. The van der Waals surface area contributed by atoms with Crippen molar-refractivity contribution < 1.29 is 23.8 Å². The van der Waals surface area contributed by atoms with Gasteiger partial charge in [-0.15, -0.1) is 0 Å². The van der Waals surface area contributed by atoms with Crippen LogP contribution in [0, 0.1) is 0 Å². The topological polar surface area (TPSA) is 77.1 Å². The number of carbonyl (C=O) groups is 2. The molecule has 1 atom stereocenters. The van der Waals surface area contributed by atoms with Gasteiger partial charge < -0.3 is 24.4 Å². The van der Waals surface area contributed by atoms with Crippen molar-refractivity contribution in [3.63, 3.8) is 0 Å². The molecule has 0 radical (unpaired) electrons. The molecule has 8 heteroatoms. The van der Waals surface area contributed by atoms with Crippen LogP contribution in [0.5, 0.6) is 5.75 Å². The van der Waals surface area contributed by atoms with Crippen molar-refractivity contribution in [2.24, 2.45) is 0 Å². The number of nitrogens with one attached hydrogen (secondary N) is 1. The van der Waals surface area contributed by atoms with Crippen LogP contribution >= 0.6 is 0 Å². The zero-order valence-electron chi connectivity index (χ0n) is 14.7. The molecule has 0 bridgehead atoms. The van der Waals surface area contributed by atoms with Gasteiger partial charge in [-0.1, -0.05) is 12.1 Å². The monoisotopic (exact) mass is 336 g/mol. The fourth-order valence-electron chi connectivity index (χ4n) is 2.09. The number of hydrogen-bond acceptors (Lipinski definition) is 6. The predicted molar refractivity (Wildman–Crippen MR) is 93.0 cm³/mol. The Balaban J connectivity index is 2.45. The summed E-state index contributed by atoms with van der Waals surface area (Å²) in [7, 11) is 6.13. The van der Waals surface area contributed by atoms with Crippen LogP contribution in [-0.4, -0.2) is 71.6 Å². The normalized spacial score (nSPS) is 11.6. The van der Waals surface area contributed by atoms with Gasteiger partial charge in [-0.3, -0.25) is 9.59 Å². The molecule has 0 aliphatic rings. The zero-order chi connectivity index (χ0) is 17.9. The van der Waals surface area contributed by atoms with Crippen molar-refractivity contribution in [1.29, 1.82) is 0 Å². The number of amides is 1. The Bertz CT molecular complexity index is 524. The third kappa shape index (κ3) is 6.60. The minimum Gasteiger partial charge on any atom is -0.497 e. The molecule has 1 N–H and O–H groups in total. The third-order valence-electron chi connectivity index (χ3n) is 3.60. The van der Waals surface area contributed by atoms with Gasteiger partial charge in [0.2, 0.25) is 7.85 Å². The second-order valence-corrected chi connectivity index (χ2v) is 5.23. The third-order valence-corrected chi connectivity index (χ3v) is 3.60. The van der Waals surface area contributed by atoms with Crippen LogP contribution in [-0.2, 0) is 20.8 Å². The summed E-state index contributed by atoms with van der Waals surface area (Å²) in [6, 6.07) is 7.05. The van der Waals surface area contributed by atoms with Crippen LogP contribution in [0.25, 0.3) is 0 Å². The molecule has 132 valence electrons. The van der Waals surface area contributed by atoms with Crippen LogP contribution in [0.3, 0.4) is 0 Å². The summed E-state index contributed by atoms with van der Waals surface area (Å²) in [6.07, 6.45) is 0. The molecule has 0 saturated heterocycles. The highest BCUT2D eigenvalue weighted by atomic mass is 16.5. The van der Waals surface area contributed by atoms with E-state index in [1.807, 2.05) is 24.3 Å². The molecule has 0 unspecified atom stereocenters. The second-order valence-electron chi connectivity index (χ2n) is 5.23. The van der Waals surface area contributed by atoms with Gasteiger partial charge in [0.1, 0.15) is 11.8 Å². The van der Waals surface area contributed by atoms with Gasteiger partial charge in [0.25, 0.3) is 0 Å². The molecule has 0 fully saturated rings. The van der Waals surface area contributed by atoms with Gasteiger partial charge in [0.15, 0.2) is 5.81 Å². The molecule has 1 aromatic carbocycles. The minimum atomic E-state index is -0.512. The van der Waals surface area contributed by atoms with Crippen LogP contribution in [0.2, 0.25) is 0 Å². The maximum Gasteiger partial charge on any atom is 0.325 e. The first-order valence-corrected chi connectivity index (χ1v) is 7.73. The summed E-state index contributed by atoms with van der Waals surface area (Å²) in [6.45, 7) is 1.47. The number of esters is 1. The van der Waals surface area contributed by atoms with E-state index in [4.69, 9.17) is 9.47 Å². The smallest absolute Gasteiger partial charge is 0.325 e. The van der Waals surface area contributed by atoms with Gasteiger partial charge in [-0.2, -0.15) is 0 Å². The number of carbonyl (C=O) groups excluding carboxylic acids is 2. The molecule has 1 amide bonds. The van der Waals surface area contributed by atoms with Gasteiger partial charge >= 0.3 is 5.97 Å². The molecule has 0 heterocycles. The highest BCUT2D eigenvalue weighted by molar-refractivity contribution is 6.56. The molecular weight excluding hydrogens is 311 g/mol. The van der Waals surface area contributed by atoms with Crippen molar-refractivity contribution in [2.75, 3.05) is 41.0 Å². The van der Waals surface area contributed by atoms with E-state index in [0.29, 0.717) is 19.7 Å². The van der Waals surface area contributed by atoms with E-state index >= 15 is 0 Å². The molecule has 0 aromatic heterocycles. The van der Waals surface area contributed by atoms with E-state index < -0.39 is 6.04 Å². The Labute approximate surface area is 143 Å². The van der Waals surface area contributed by atoms with E-state index in [0.717, 1.165) is 11.3 Å². The molecule has 7 nitrogen and oxygen atoms in total. The van der Waals surface area contributed by atoms with Gasteiger partial charge in [-0.05, 0) is 24.7 Å². The van der Waals surface area contributed by atoms with E-state index in [1.165, 1.54) is 15.0 Å². The number of ether oxygens (including phenoxy) is 3. The maximum atomic E-state index is 11.8. The lowest BCUT2D eigenvalue weighted by atomic mass is 10.1. The van der Waals surface area contributed by atoms with Crippen LogP contribution in [0.1, 0.15) is 5.56 Å². The lowest BCUT2D eigenvalue weighted by molar-refractivity contribution is -0.144. The van der Waals surface area contributed by atoms with Crippen molar-refractivity contribution in [2.45, 2.75) is 12.6 Å². The second kappa shape index (κ2) is 10.7. The Morgan fingerprint density at radius 3 is 2.42 bits per heavy atom. The first-order valence-electron chi connectivity index (χ1n) is 7.73. The van der Waals surface area contributed by atoms with Crippen molar-refractivity contribution in [1.82, 2.24) is 10.2 Å². The number of methoxy groups -OCH3 is 2. The van der Waals surface area contributed by atoms with Crippen molar-refractivity contribution in [3.8, 4) is 5.75 Å². The van der Waals surface area contributed by atoms with Crippen molar-refractivity contribution in [3.05, 3.63) is 29.8 Å². The van der Waals surface area contributed by atoms with Crippen molar-refractivity contribution >= 4 is 19.6 Å². The Hall–Kier alpha value is -2.06. The summed E-state index contributed by atoms with van der Waals surface area (Å²) in [4.78, 5) is 24.9. The number of benzene rings is 1. The maximum absolute atomic E-state index is 11.8. The summed E-state index contributed by atoms with van der Waals surface area (Å²) < 4.78 is 15.3. The largest absolute Gasteiger partial charge is 0.497 e. The molecule has 0 saturated carbocycles. The van der Waals surface area contributed by atoms with E-state index in [1.54, 1.807) is 19.1 Å². The predicted octanol–water partition coefficient (Wildman–Crippen LogP) is 0.0279. The van der Waals surface area contributed by atoms with Gasteiger partial charge in [-0.25, -0.2) is 0 Å². The Morgan fingerprint density at radius 1 is 1.25 bits per heavy atom. The summed E-state index contributed by atoms with van der Waals surface area (Å²) in [5.74, 6) is 0.365. The molecule has 1 rings (SSSR count). The molecule has 0 aliphatic heterocycles. The molecule has 1 aromatic rings. The SMILES string of the molecule is BC(=O)N(CCOC[C@H](NC)C(=O)OC)Cc1ccc(OC)cc1. The van der Waals surface area contributed by atoms with E-state index in [-0.39, 0.29) is 18.4 Å². The fourth-order valence-corrected chi connectivity index (χ4v) is 2.09. The van der Waals surface area contributed by atoms with Crippen LogP contribution in [0.4, 0.5) is 4.79 Å². The standard InChI is InChI=1S/C16H25BN2O5/c1-18-14(15(20)23-3)11-24-9-8-19(16(17)21)10-12-4-6-13(22-2)7-5-12/h4-7,14,18H,8-11,17H2,1-3H3/t14-/m0/s1. The summed E-state index contributed by atoms with van der Waals surface area (Å²) >= 11 is 0. The van der Waals surface area contributed by atoms with Crippen LogP contribution in [0.15, 0.2) is 24.3 Å². The number of hydrogen-bond donors (Lipinski definition) is 1. The molecule has 0 spiro atoms. The van der Waals surface area contributed by atoms with Gasteiger partial charge in [0, 0.05) is 13.1 Å².